The van der Waals surface area contributed by atoms with E-state index in [-0.39, 0.29) is 0 Å². The van der Waals surface area contributed by atoms with Crippen LogP contribution in [0.25, 0.3) is 0 Å². The Morgan fingerprint density at radius 1 is 1.88 bits per heavy atom. The number of aliphatic hydroxyl groups is 1. The van der Waals surface area contributed by atoms with Crippen LogP contribution < -0.4 is 5.73 Å². The molecule has 1 aliphatic carbocycles. The average Bonchev–Trinajstić information content (AvgIpc) is 2.44. The van der Waals surface area contributed by atoms with E-state index in [0.717, 1.165) is 13.0 Å². The number of rotatable bonds is 2. The third-order valence-corrected chi connectivity index (χ3v) is 3.14. The highest BCUT2D eigenvalue weighted by molar-refractivity contribution is 6.18. The first-order chi connectivity index (χ1) is 3.73. The van der Waals surface area contributed by atoms with Gasteiger partial charge in [0.05, 0.1) is 0 Å². The van der Waals surface area contributed by atoms with Crippen LogP contribution in [0.15, 0.2) is 0 Å². The van der Waals surface area contributed by atoms with E-state index in [1.807, 2.05) is 16.3 Å². The Kier molecular flexibility index (Phi) is 1.64. The molecule has 2 atom stereocenters. The second kappa shape index (κ2) is 2.00. The van der Waals surface area contributed by atoms with Gasteiger partial charge >= 0.3 is 0 Å². The molecule has 3 N–H and O–H groups in total. The Bertz CT molecular complexity index is 98.4. The van der Waals surface area contributed by atoms with E-state index in [9.17, 15) is 0 Å². The highest BCUT2D eigenvalue weighted by Gasteiger charge is 2.46. The second-order valence-corrected chi connectivity index (χ2v) is 4.06. The van der Waals surface area contributed by atoms with Gasteiger partial charge in [-0.2, -0.15) is 0 Å². The molecule has 0 spiro atoms. The van der Waals surface area contributed by atoms with Crippen molar-refractivity contribution in [3.63, 3.8) is 0 Å². The van der Waals surface area contributed by atoms with Crippen molar-refractivity contribution in [3.05, 3.63) is 0 Å². The molecular weight excluding hydrogens is 117 g/mol. The minimum absolute atomic E-state index is 0.314. The number of nitrogens with two attached hydrogens (primary N) is 1. The van der Waals surface area contributed by atoms with Crippen molar-refractivity contribution >= 4 is 16.3 Å². The van der Waals surface area contributed by atoms with E-state index in [2.05, 4.69) is 0 Å². The van der Waals surface area contributed by atoms with Gasteiger partial charge in [-0.1, -0.05) is 10.7 Å². The van der Waals surface area contributed by atoms with Gasteiger partial charge in [0.25, 0.3) is 0 Å². The van der Waals surface area contributed by atoms with E-state index in [0.29, 0.717) is 16.8 Å². The molecule has 3 heteroatoms. The molecule has 1 fully saturated rings. The molecule has 1 aliphatic rings. The van der Waals surface area contributed by atoms with Crippen LogP contribution in [-0.4, -0.2) is 34.5 Å². The van der Waals surface area contributed by atoms with Crippen molar-refractivity contribution < 1.29 is 5.11 Å². The maximum absolute atomic E-state index is 8.62. The van der Waals surface area contributed by atoms with E-state index in [1.165, 1.54) is 0 Å². The van der Waals surface area contributed by atoms with Gasteiger partial charge in [0.15, 0.2) is 16.3 Å². The maximum Gasteiger partial charge on any atom is 0.186 e. The molecule has 0 aliphatic heterocycles. The molecule has 1 saturated carbocycles. The van der Waals surface area contributed by atoms with Gasteiger partial charge in [0, 0.05) is 6.61 Å². The lowest BCUT2D eigenvalue weighted by molar-refractivity contribution is 0.271. The lowest BCUT2D eigenvalue weighted by atomic mass is 10.3. The predicted octanol–water partition coefficient (Wildman–Crippen LogP) is -0.983. The van der Waals surface area contributed by atoms with E-state index in [1.54, 1.807) is 0 Å². The summed E-state index contributed by atoms with van der Waals surface area (Å²) >= 11 is 1.92. The Labute approximate surface area is 57.5 Å². The molecule has 0 aromatic rings. The Balaban J connectivity index is 2.31. The van der Waals surface area contributed by atoms with Crippen LogP contribution in [0.5, 0.6) is 0 Å². The van der Waals surface area contributed by atoms with Gasteiger partial charge in [-0.3, -0.25) is 0 Å². The molecule has 0 aromatic carbocycles. The summed E-state index contributed by atoms with van der Waals surface area (Å²) in [6.45, 7) is 1.05. The molecule has 0 heterocycles. The minimum atomic E-state index is 0.314. The van der Waals surface area contributed by atoms with Gasteiger partial charge < -0.3 is 10.8 Å². The van der Waals surface area contributed by atoms with Crippen molar-refractivity contribution in [2.75, 3.05) is 13.2 Å². The lowest BCUT2D eigenvalue weighted by Crippen LogP contribution is -2.12. The van der Waals surface area contributed by atoms with Crippen LogP contribution in [0.4, 0.5) is 0 Å². The van der Waals surface area contributed by atoms with Crippen LogP contribution in [0.3, 0.4) is 0 Å². The van der Waals surface area contributed by atoms with E-state index < -0.39 is 0 Å². The highest BCUT2D eigenvalue weighted by atomic mass is 27.0. The van der Waals surface area contributed by atoms with Crippen molar-refractivity contribution in [2.45, 2.75) is 10.7 Å². The fraction of sp³-hybridized carbons (Fsp3) is 1.00. The fourth-order valence-corrected chi connectivity index (χ4v) is 1.42. The van der Waals surface area contributed by atoms with Gasteiger partial charge in [-0.15, -0.1) is 0 Å². The Morgan fingerprint density at radius 2 is 2.50 bits per heavy atom. The van der Waals surface area contributed by atoms with Crippen molar-refractivity contribution in [2.24, 2.45) is 11.7 Å². The molecule has 0 saturated heterocycles. The zero-order chi connectivity index (χ0) is 6.20. The van der Waals surface area contributed by atoms with Crippen molar-refractivity contribution in [1.29, 1.82) is 0 Å². The zero-order valence-corrected chi connectivity index (χ0v) is 6.34. The molecule has 45 valence electrons. The van der Waals surface area contributed by atoms with Crippen LogP contribution >= 0.6 is 0 Å². The summed E-state index contributed by atoms with van der Waals surface area (Å²) in [7, 11) is 0. The third kappa shape index (κ3) is 0.918. The first-order valence-corrected chi connectivity index (χ1v) is 3.60. The predicted molar refractivity (Wildman–Crippen MR) is 34.1 cm³/mol. The summed E-state index contributed by atoms with van der Waals surface area (Å²) in [6.07, 6.45) is 1.12. The molecule has 1 radical (unpaired) electrons. The SMILES string of the molecule is NC[C]1([AlH])CC1CO. The van der Waals surface area contributed by atoms with Crippen molar-refractivity contribution in [1.82, 2.24) is 0 Å². The van der Waals surface area contributed by atoms with Gasteiger partial charge in [-0.05, 0) is 12.5 Å². The molecule has 2 nitrogen and oxygen atoms in total. The summed E-state index contributed by atoms with van der Waals surface area (Å²) in [5.41, 5.74) is 5.43. The quantitative estimate of drug-likeness (QED) is 0.469. The maximum atomic E-state index is 8.62. The zero-order valence-electron chi connectivity index (χ0n) is 4.93. The summed E-state index contributed by atoms with van der Waals surface area (Å²) in [5, 5.41) is 8.62. The first-order valence-electron chi connectivity index (χ1n) is 2.89. The fourth-order valence-electron chi connectivity index (χ4n) is 0.940. The largest absolute Gasteiger partial charge is 0.396 e. The molecule has 2 unspecified atom stereocenters. The van der Waals surface area contributed by atoms with Crippen LogP contribution in [0.1, 0.15) is 6.42 Å². The molecule has 0 aromatic heterocycles. The molecular formula is C5H11AlNO. The Hall–Kier alpha value is 0.452. The summed E-state index contributed by atoms with van der Waals surface area (Å²) in [5.74, 6) is 0.505. The second-order valence-electron chi connectivity index (χ2n) is 2.65. The minimum Gasteiger partial charge on any atom is -0.396 e. The molecule has 8 heavy (non-hydrogen) atoms. The molecule has 1 rings (SSSR count). The average molecular weight is 128 g/mol. The topological polar surface area (TPSA) is 46.2 Å². The molecule has 0 bridgehead atoms. The smallest absolute Gasteiger partial charge is 0.186 e. The highest BCUT2D eigenvalue weighted by Crippen LogP contribution is 2.55. The normalized spacial score (nSPS) is 44.5. The van der Waals surface area contributed by atoms with E-state index in [4.69, 9.17) is 10.8 Å². The first kappa shape index (κ1) is 6.57. The van der Waals surface area contributed by atoms with Crippen LogP contribution in [0, 0.1) is 5.92 Å². The third-order valence-electron chi connectivity index (χ3n) is 1.99. The van der Waals surface area contributed by atoms with Gasteiger partial charge in [0.1, 0.15) is 0 Å². The number of aliphatic hydroxyl groups excluding tert-OH is 1. The number of hydrogen-bond acceptors (Lipinski definition) is 2. The summed E-state index contributed by atoms with van der Waals surface area (Å²) < 4.78 is 0.314. The van der Waals surface area contributed by atoms with E-state index >= 15 is 0 Å². The monoisotopic (exact) mass is 128 g/mol. The van der Waals surface area contributed by atoms with Gasteiger partial charge in [0.2, 0.25) is 0 Å². The standard InChI is InChI=1S/C5H10NO.Al.H/c6-2-4-1-5(4)3-7;;/h5,7H,1-3,6H2;;. The Morgan fingerprint density at radius 3 is 2.62 bits per heavy atom. The summed E-state index contributed by atoms with van der Waals surface area (Å²) in [6, 6.07) is 0. The van der Waals surface area contributed by atoms with Gasteiger partial charge in [-0.25, -0.2) is 0 Å². The summed E-state index contributed by atoms with van der Waals surface area (Å²) in [4.78, 5) is 0. The van der Waals surface area contributed by atoms with Crippen LogP contribution in [-0.2, 0) is 0 Å². The number of hydrogen-bond donors (Lipinski definition) is 2. The van der Waals surface area contributed by atoms with Crippen molar-refractivity contribution in [3.8, 4) is 0 Å². The van der Waals surface area contributed by atoms with Crippen LogP contribution in [0.2, 0.25) is 4.28 Å². The lowest BCUT2D eigenvalue weighted by Gasteiger charge is -2.03. The molecule has 0 amide bonds.